The van der Waals surface area contributed by atoms with Gasteiger partial charge < -0.3 is 35.7 Å². The largest absolute Gasteiger partial charge is 0.481 e. The van der Waals surface area contributed by atoms with Gasteiger partial charge in [0.1, 0.15) is 0 Å². The molecule has 8 nitrogen and oxygen atoms in total. The van der Waals surface area contributed by atoms with Gasteiger partial charge in [-0.2, -0.15) is 0 Å². The van der Waals surface area contributed by atoms with Crippen LogP contribution < -0.4 is 0 Å². The smallest absolute Gasteiger partial charge is 0.303 e. The van der Waals surface area contributed by atoms with Gasteiger partial charge in [0.25, 0.3) is 0 Å². The molecular weight excluding hydrogens is 488 g/mol. The second kappa shape index (κ2) is 29.2. The van der Waals surface area contributed by atoms with Crippen LogP contribution in [-0.2, 0) is 4.79 Å². The average molecular weight is 553 g/mol. The first kappa shape index (κ1) is 41.7. The standard InChI is InChI=1S/C18H36O2.2C6H14O3/c1-17(2)15-13-11-9-7-5-3-4-6-8-10-12-14-16-18(19)20;2*1-2-6(3-7,4-8)5-9/h17H,3-16H2,1-2H3,(H,19,20);2*7-9H,2-5H2,1H3. The molecule has 232 valence electrons. The zero-order valence-corrected chi connectivity index (χ0v) is 25.2. The van der Waals surface area contributed by atoms with Crippen LogP contribution in [0.15, 0.2) is 0 Å². The highest BCUT2D eigenvalue weighted by molar-refractivity contribution is 5.66. The molecule has 0 heterocycles. The summed E-state index contributed by atoms with van der Waals surface area (Å²) in [6.45, 7) is 7.32. The molecule has 0 aliphatic carbocycles. The van der Waals surface area contributed by atoms with Crippen molar-refractivity contribution in [2.24, 2.45) is 16.7 Å². The molecule has 0 aliphatic heterocycles. The van der Waals surface area contributed by atoms with Gasteiger partial charge in [-0.15, -0.1) is 0 Å². The lowest BCUT2D eigenvalue weighted by Gasteiger charge is -2.24. The van der Waals surface area contributed by atoms with Gasteiger partial charge in [-0.05, 0) is 25.2 Å². The highest BCUT2D eigenvalue weighted by Crippen LogP contribution is 2.19. The Kier molecular flexibility index (Phi) is 32.1. The third-order valence-electron chi connectivity index (χ3n) is 7.43. The van der Waals surface area contributed by atoms with Crippen LogP contribution >= 0.6 is 0 Å². The Bertz CT molecular complexity index is 422. The molecule has 0 aromatic carbocycles. The molecule has 0 spiro atoms. The lowest BCUT2D eigenvalue weighted by Crippen LogP contribution is -2.32. The van der Waals surface area contributed by atoms with E-state index in [-0.39, 0.29) is 39.6 Å². The van der Waals surface area contributed by atoms with E-state index in [9.17, 15) is 4.79 Å². The van der Waals surface area contributed by atoms with E-state index < -0.39 is 16.8 Å². The average Bonchev–Trinajstić information content (AvgIpc) is 2.92. The molecule has 0 saturated heterocycles. The van der Waals surface area contributed by atoms with Crippen molar-refractivity contribution < 1.29 is 40.5 Å². The van der Waals surface area contributed by atoms with Gasteiger partial charge in [0, 0.05) is 17.3 Å². The first-order valence-electron chi connectivity index (χ1n) is 15.0. The van der Waals surface area contributed by atoms with E-state index in [0.717, 1.165) is 18.8 Å². The Labute approximate surface area is 233 Å². The van der Waals surface area contributed by atoms with Crippen LogP contribution in [0.2, 0.25) is 0 Å². The van der Waals surface area contributed by atoms with Crippen molar-refractivity contribution in [2.45, 2.75) is 130 Å². The summed E-state index contributed by atoms with van der Waals surface area (Å²) < 4.78 is 0. The van der Waals surface area contributed by atoms with Crippen molar-refractivity contribution in [1.82, 2.24) is 0 Å². The summed E-state index contributed by atoms with van der Waals surface area (Å²) in [5.41, 5.74) is -1.33. The Morgan fingerprint density at radius 2 is 0.789 bits per heavy atom. The molecular formula is C30H64O8. The van der Waals surface area contributed by atoms with E-state index in [4.69, 9.17) is 35.7 Å². The Balaban J connectivity index is -0.000000563. The number of hydrogen-bond acceptors (Lipinski definition) is 7. The molecule has 0 amide bonds. The fourth-order valence-corrected chi connectivity index (χ4v) is 3.57. The number of carboxylic acid groups (broad SMARTS) is 1. The molecule has 8 heteroatoms. The monoisotopic (exact) mass is 552 g/mol. The second-order valence-electron chi connectivity index (χ2n) is 11.2. The van der Waals surface area contributed by atoms with Crippen LogP contribution in [-0.4, -0.2) is 81.4 Å². The van der Waals surface area contributed by atoms with Gasteiger partial charge in [0.05, 0.1) is 39.6 Å². The molecule has 7 N–H and O–H groups in total. The highest BCUT2D eigenvalue weighted by Gasteiger charge is 2.25. The topological polar surface area (TPSA) is 159 Å². The van der Waals surface area contributed by atoms with Crippen LogP contribution in [0.1, 0.15) is 130 Å². The molecule has 0 aliphatic rings. The minimum Gasteiger partial charge on any atom is -0.481 e. The van der Waals surface area contributed by atoms with Crippen LogP contribution in [0.5, 0.6) is 0 Å². The fraction of sp³-hybridized carbons (Fsp3) is 0.967. The van der Waals surface area contributed by atoms with E-state index in [2.05, 4.69) is 13.8 Å². The van der Waals surface area contributed by atoms with Crippen molar-refractivity contribution >= 4 is 5.97 Å². The highest BCUT2D eigenvalue weighted by atomic mass is 16.4. The van der Waals surface area contributed by atoms with Crippen LogP contribution in [0.4, 0.5) is 0 Å². The molecule has 0 radical (unpaired) electrons. The van der Waals surface area contributed by atoms with Crippen LogP contribution in [0, 0.1) is 16.7 Å². The maximum absolute atomic E-state index is 10.3. The van der Waals surface area contributed by atoms with E-state index >= 15 is 0 Å². The van der Waals surface area contributed by atoms with Gasteiger partial charge in [0.2, 0.25) is 0 Å². The molecule has 0 bridgehead atoms. The fourth-order valence-electron chi connectivity index (χ4n) is 3.57. The lowest BCUT2D eigenvalue weighted by molar-refractivity contribution is -0.137. The van der Waals surface area contributed by atoms with Crippen molar-refractivity contribution in [2.75, 3.05) is 39.6 Å². The lowest BCUT2D eigenvalue weighted by atomic mass is 9.88. The molecule has 0 saturated carbocycles. The van der Waals surface area contributed by atoms with E-state index in [1.165, 1.54) is 70.6 Å². The molecule has 0 aromatic rings. The molecule has 0 unspecified atom stereocenters. The summed E-state index contributed by atoms with van der Waals surface area (Å²) in [5, 5.41) is 60.5. The number of carbonyl (C=O) groups is 1. The van der Waals surface area contributed by atoms with E-state index in [1.54, 1.807) is 0 Å². The van der Waals surface area contributed by atoms with Gasteiger partial charge in [-0.1, -0.05) is 105 Å². The van der Waals surface area contributed by atoms with Gasteiger partial charge in [-0.3, -0.25) is 4.79 Å². The zero-order chi connectivity index (χ0) is 29.7. The van der Waals surface area contributed by atoms with Crippen molar-refractivity contribution in [3.8, 4) is 0 Å². The molecule has 0 aromatic heterocycles. The number of aliphatic carboxylic acids is 1. The molecule has 38 heavy (non-hydrogen) atoms. The first-order chi connectivity index (χ1) is 18.1. The Morgan fingerprint density at radius 3 is 0.974 bits per heavy atom. The Hall–Kier alpha value is -0.770. The number of rotatable bonds is 23. The van der Waals surface area contributed by atoms with Gasteiger partial charge >= 0.3 is 5.97 Å². The zero-order valence-electron chi connectivity index (χ0n) is 25.2. The summed E-state index contributed by atoms with van der Waals surface area (Å²) in [7, 11) is 0. The molecule has 0 atom stereocenters. The maximum Gasteiger partial charge on any atom is 0.303 e. The summed E-state index contributed by atoms with van der Waals surface area (Å²) in [5.74, 6) is 0.212. The molecule has 0 rings (SSSR count). The summed E-state index contributed by atoms with van der Waals surface area (Å²) >= 11 is 0. The SMILES string of the molecule is CC(C)CCCCCCCCCCCCCCC(=O)O.CCC(CO)(CO)CO.CCC(CO)(CO)CO. The minimum atomic E-state index is -0.667. The third-order valence-corrected chi connectivity index (χ3v) is 7.43. The van der Waals surface area contributed by atoms with Gasteiger partial charge in [-0.25, -0.2) is 0 Å². The maximum atomic E-state index is 10.3. The quantitative estimate of drug-likeness (QED) is 0.0881. The predicted octanol–water partition coefficient (Wildman–Crippen LogP) is 4.91. The van der Waals surface area contributed by atoms with Crippen molar-refractivity contribution in [3.05, 3.63) is 0 Å². The predicted molar refractivity (Wildman–Crippen MR) is 155 cm³/mol. The second-order valence-corrected chi connectivity index (χ2v) is 11.2. The summed E-state index contributed by atoms with van der Waals surface area (Å²) in [6.07, 6.45) is 18.5. The minimum absolute atomic E-state index is 0.156. The number of carboxylic acids is 1. The number of hydrogen-bond donors (Lipinski definition) is 7. The van der Waals surface area contributed by atoms with Gasteiger partial charge in [0.15, 0.2) is 0 Å². The number of aliphatic hydroxyl groups is 6. The van der Waals surface area contributed by atoms with Crippen molar-refractivity contribution in [1.29, 1.82) is 0 Å². The number of aliphatic hydroxyl groups excluding tert-OH is 6. The summed E-state index contributed by atoms with van der Waals surface area (Å²) in [4.78, 5) is 10.3. The first-order valence-corrected chi connectivity index (χ1v) is 15.0. The number of unbranched alkanes of at least 4 members (excludes halogenated alkanes) is 11. The van der Waals surface area contributed by atoms with Crippen LogP contribution in [0.25, 0.3) is 0 Å². The molecule has 0 fully saturated rings. The third kappa shape index (κ3) is 25.5. The Morgan fingerprint density at radius 1 is 0.526 bits per heavy atom. The van der Waals surface area contributed by atoms with E-state index in [0.29, 0.717) is 19.3 Å². The van der Waals surface area contributed by atoms with Crippen molar-refractivity contribution in [3.63, 3.8) is 0 Å². The van der Waals surface area contributed by atoms with E-state index in [1.807, 2.05) is 13.8 Å². The summed E-state index contributed by atoms with van der Waals surface area (Å²) in [6, 6.07) is 0. The van der Waals surface area contributed by atoms with Crippen LogP contribution in [0.3, 0.4) is 0 Å². The normalized spacial score (nSPS) is 11.6.